The molecule has 0 saturated heterocycles. The van der Waals surface area contributed by atoms with Crippen LogP contribution in [0.1, 0.15) is 0 Å². The van der Waals surface area contributed by atoms with Crippen molar-refractivity contribution in [1.29, 1.82) is 2.86 Å². The zero-order valence-electron chi connectivity index (χ0n) is 6.05. The van der Waals surface area contributed by atoms with E-state index in [-0.39, 0.29) is 13.2 Å². The lowest BCUT2D eigenvalue weighted by Crippen LogP contribution is -2.03. The van der Waals surface area contributed by atoms with Gasteiger partial charge in [0.2, 0.25) is 2.86 Å². The molecule has 0 aromatic heterocycles. The van der Waals surface area contributed by atoms with Crippen LogP contribution in [-0.2, 0) is 4.74 Å². The summed E-state index contributed by atoms with van der Waals surface area (Å²) in [5.41, 5.74) is 0. The van der Waals surface area contributed by atoms with E-state index in [2.05, 4.69) is 10.2 Å². The summed E-state index contributed by atoms with van der Waals surface area (Å²) in [6.07, 6.45) is 0. The SMILES string of the molecule is [2H]OCCOCCO[2H]. The van der Waals surface area contributed by atoms with Crippen LogP contribution in [0.2, 0.25) is 0 Å². The molecule has 0 amide bonds. The molecule has 0 aromatic carbocycles. The maximum atomic E-state index is 6.23. The highest BCUT2D eigenvalue weighted by molar-refractivity contribution is 4.24. The minimum absolute atomic E-state index is 0.262. The van der Waals surface area contributed by atoms with E-state index in [1.54, 1.807) is 0 Å². The molecule has 0 fully saturated rings. The molecule has 0 aromatic rings. The first-order valence-corrected chi connectivity index (χ1v) is 2.15. The summed E-state index contributed by atoms with van der Waals surface area (Å²) < 4.78 is 17.3. The maximum absolute atomic E-state index is 6.23. The van der Waals surface area contributed by atoms with E-state index >= 15 is 0 Å². The second-order valence-corrected chi connectivity index (χ2v) is 1.02. The molecule has 44 valence electrons. The van der Waals surface area contributed by atoms with Crippen molar-refractivity contribution in [3.05, 3.63) is 0 Å². The van der Waals surface area contributed by atoms with Crippen LogP contribution in [0.15, 0.2) is 0 Å². The zero-order valence-corrected chi connectivity index (χ0v) is 4.05. The van der Waals surface area contributed by atoms with Crippen LogP contribution in [-0.4, -0.2) is 39.5 Å². The molecule has 7 heavy (non-hydrogen) atoms. The highest BCUT2D eigenvalue weighted by atomic mass is 16.5. The van der Waals surface area contributed by atoms with Crippen molar-refractivity contribution < 1.29 is 15.0 Å². The molecular weight excluding hydrogens is 96.0 g/mol. The summed E-state index contributed by atoms with van der Waals surface area (Å²) in [4.78, 5) is 0. The van der Waals surface area contributed by atoms with E-state index in [1.165, 1.54) is 0 Å². The van der Waals surface area contributed by atoms with Crippen LogP contribution in [0.4, 0.5) is 0 Å². The number of rotatable bonds is 6. The van der Waals surface area contributed by atoms with Gasteiger partial charge in [0.1, 0.15) is 0 Å². The molecule has 0 radical (unpaired) electrons. The fourth-order valence-corrected chi connectivity index (χ4v) is 0.220. The normalized spacial score (nSPS) is 13.1. The van der Waals surface area contributed by atoms with Gasteiger partial charge in [0.25, 0.3) is 0 Å². The summed E-state index contributed by atoms with van der Waals surface area (Å²) in [7, 11) is 0. The van der Waals surface area contributed by atoms with Crippen LogP contribution >= 0.6 is 0 Å². The molecule has 0 aliphatic heterocycles. The lowest BCUT2D eigenvalue weighted by atomic mass is 10.7. The molecular formula is C4H10O3. The maximum Gasteiger partial charge on any atom is 0.210 e. The summed E-state index contributed by atoms with van der Waals surface area (Å²) in [6.45, 7) is 1.29. The van der Waals surface area contributed by atoms with Gasteiger partial charge in [-0.15, -0.1) is 0 Å². The molecule has 3 nitrogen and oxygen atoms in total. The van der Waals surface area contributed by atoms with Gasteiger partial charge in [0.05, 0.1) is 26.4 Å². The molecule has 0 heterocycles. The summed E-state index contributed by atoms with van der Waals surface area (Å²) in [6, 6.07) is 0. The number of hydrogen-bond acceptors (Lipinski definition) is 3. The highest BCUT2D eigenvalue weighted by Crippen LogP contribution is 1.68. The van der Waals surface area contributed by atoms with Crippen molar-refractivity contribution >= 4 is 0 Å². The Hall–Kier alpha value is -0.120. The van der Waals surface area contributed by atoms with Gasteiger partial charge < -0.3 is 15.0 Å². The molecule has 2 N–H and O–H groups in total. The van der Waals surface area contributed by atoms with Crippen molar-refractivity contribution in [3.63, 3.8) is 0 Å². The zero-order chi connectivity index (χ0) is 6.95. The number of hydrogen-bond donors (Lipinski definition) is 2. The Balaban J connectivity index is 2.60. The third-order valence-corrected chi connectivity index (χ3v) is 0.455. The molecule has 0 rings (SSSR count). The summed E-state index contributed by atoms with van der Waals surface area (Å²) in [5.74, 6) is 0. The summed E-state index contributed by atoms with van der Waals surface area (Å²) >= 11 is 0. The molecule has 0 saturated carbocycles. The lowest BCUT2D eigenvalue weighted by molar-refractivity contribution is 0.0650. The van der Waals surface area contributed by atoms with Gasteiger partial charge in [-0.3, -0.25) is 0 Å². The van der Waals surface area contributed by atoms with Crippen molar-refractivity contribution in [2.75, 3.05) is 26.4 Å². The average Bonchev–Trinajstić information content (AvgIpc) is 1.89. The van der Waals surface area contributed by atoms with E-state index in [0.29, 0.717) is 13.2 Å². The van der Waals surface area contributed by atoms with E-state index in [0.717, 1.165) is 0 Å². The second-order valence-electron chi connectivity index (χ2n) is 1.02. The van der Waals surface area contributed by atoms with Crippen LogP contribution in [0.3, 0.4) is 0 Å². The van der Waals surface area contributed by atoms with E-state index in [9.17, 15) is 0 Å². The Morgan fingerprint density at radius 1 is 1.29 bits per heavy atom. The lowest BCUT2D eigenvalue weighted by Gasteiger charge is -1.94. The van der Waals surface area contributed by atoms with E-state index in [1.807, 2.05) is 0 Å². The van der Waals surface area contributed by atoms with Crippen molar-refractivity contribution in [3.8, 4) is 0 Å². The van der Waals surface area contributed by atoms with E-state index in [4.69, 9.17) is 7.60 Å². The Bertz CT molecular complexity index is 47.1. The first-order chi connectivity index (χ1) is 4.41. The van der Waals surface area contributed by atoms with Gasteiger partial charge in [0, 0.05) is 0 Å². The quantitative estimate of drug-likeness (QED) is 0.428. The Kier molecular flexibility index (Phi) is 3.22. The molecule has 0 spiro atoms. The smallest absolute Gasteiger partial charge is 0.210 e. The number of aliphatic hydroxyl groups is 2. The predicted molar refractivity (Wildman–Crippen MR) is 25.0 cm³/mol. The first-order valence-electron chi connectivity index (χ1n) is 2.97. The standard InChI is InChI=1S/C4H10O3/c5-1-3-7-4-2-6/h5-6H,1-4H2/i5D,6D. The van der Waals surface area contributed by atoms with Crippen molar-refractivity contribution in [2.45, 2.75) is 0 Å². The van der Waals surface area contributed by atoms with Crippen LogP contribution in [0.25, 0.3) is 0 Å². The Morgan fingerprint density at radius 3 is 2.29 bits per heavy atom. The predicted octanol–water partition coefficient (Wildman–Crippen LogP) is -1.01. The average molecular weight is 108 g/mol. The second kappa shape index (κ2) is 5.88. The Labute approximate surface area is 45.5 Å². The van der Waals surface area contributed by atoms with Gasteiger partial charge in [0.15, 0.2) is 0 Å². The van der Waals surface area contributed by atoms with Crippen molar-refractivity contribution in [2.24, 2.45) is 0 Å². The fourth-order valence-electron chi connectivity index (χ4n) is 0.220. The molecule has 0 atom stereocenters. The van der Waals surface area contributed by atoms with E-state index < -0.39 is 0 Å². The monoisotopic (exact) mass is 108 g/mol. The fraction of sp³-hybridized carbons (Fsp3) is 1.00. The van der Waals surface area contributed by atoms with Crippen molar-refractivity contribution in [1.82, 2.24) is 0 Å². The van der Waals surface area contributed by atoms with Gasteiger partial charge in [-0.2, -0.15) is 0 Å². The van der Waals surface area contributed by atoms with Gasteiger partial charge in [-0.25, -0.2) is 0 Å². The Morgan fingerprint density at radius 2 is 1.86 bits per heavy atom. The summed E-state index contributed by atoms with van der Waals surface area (Å²) in [5, 5.41) is 7.92. The third kappa shape index (κ3) is 5.88. The van der Waals surface area contributed by atoms with Crippen LogP contribution in [0.5, 0.6) is 0 Å². The van der Waals surface area contributed by atoms with Gasteiger partial charge >= 0.3 is 0 Å². The molecule has 3 heteroatoms. The molecule has 0 bridgehead atoms. The highest BCUT2D eigenvalue weighted by Gasteiger charge is 1.79. The largest absolute Gasteiger partial charge is 0.394 e. The third-order valence-electron chi connectivity index (χ3n) is 0.455. The van der Waals surface area contributed by atoms with Crippen LogP contribution in [0, 0.1) is 0 Å². The topological polar surface area (TPSA) is 49.7 Å². The minimum atomic E-state index is 0.262. The first kappa shape index (κ1) is 3.83. The molecule has 0 unspecified atom stereocenters. The van der Waals surface area contributed by atoms with Crippen LogP contribution < -0.4 is 0 Å². The minimum Gasteiger partial charge on any atom is -0.394 e. The van der Waals surface area contributed by atoms with Gasteiger partial charge in [-0.1, -0.05) is 0 Å². The number of aliphatic hydroxyl groups excluding tert-OH is 2. The molecule has 0 aliphatic carbocycles. The number of ether oxygens (including phenoxy) is 1. The van der Waals surface area contributed by atoms with Gasteiger partial charge in [-0.05, 0) is 0 Å². The molecule has 0 aliphatic rings.